The van der Waals surface area contributed by atoms with Crippen molar-refractivity contribution in [2.24, 2.45) is 0 Å². The van der Waals surface area contributed by atoms with Crippen LogP contribution < -0.4 is 15.5 Å². The highest BCUT2D eigenvalue weighted by Gasteiger charge is 2.18. The van der Waals surface area contributed by atoms with Gasteiger partial charge in [-0.15, -0.1) is 0 Å². The van der Waals surface area contributed by atoms with Crippen LogP contribution >= 0.6 is 11.6 Å². The van der Waals surface area contributed by atoms with Gasteiger partial charge in [-0.1, -0.05) is 17.7 Å². The first-order chi connectivity index (χ1) is 12.8. The molecule has 1 atom stereocenters. The number of hydrogen-bond donors (Lipinski definition) is 3. The lowest BCUT2D eigenvalue weighted by Crippen LogP contribution is -3.13. The Hall–Kier alpha value is -2.51. The monoisotopic (exact) mass is 396 g/mol. The van der Waals surface area contributed by atoms with Crippen LogP contribution in [-0.2, 0) is 9.59 Å². The van der Waals surface area contributed by atoms with E-state index in [4.69, 9.17) is 11.6 Å². The number of likely N-dealkylation sites (N-methyl/N-ethyl adjacent to an activating group) is 1. The van der Waals surface area contributed by atoms with Crippen LogP contribution in [0.5, 0.6) is 0 Å². The zero-order valence-corrected chi connectivity index (χ0v) is 15.8. The summed E-state index contributed by atoms with van der Waals surface area (Å²) >= 11 is 5.94. The highest BCUT2D eigenvalue weighted by Crippen LogP contribution is 2.19. The van der Waals surface area contributed by atoms with Gasteiger partial charge in [-0.3, -0.25) is 9.59 Å². The highest BCUT2D eigenvalue weighted by atomic mass is 35.5. The van der Waals surface area contributed by atoms with Crippen LogP contribution in [0.1, 0.15) is 12.5 Å². The zero-order chi connectivity index (χ0) is 20.0. The minimum Gasteiger partial charge on any atom is -0.321 e. The van der Waals surface area contributed by atoms with Crippen molar-refractivity contribution in [3.05, 3.63) is 58.6 Å². The molecule has 144 valence electrons. The molecule has 1 unspecified atom stereocenters. The molecule has 0 aliphatic heterocycles. The number of aryl methyl sites for hydroxylation is 1. The van der Waals surface area contributed by atoms with Crippen molar-refractivity contribution in [2.75, 3.05) is 30.3 Å². The maximum Gasteiger partial charge on any atom is 0.279 e. The standard InChI is InChI=1S/C19H20ClF2N3O2/c1-3-25(10-18(26)23-16-8-13(20)5-4-12(16)2)11-19(27)24-17-9-14(21)6-7-15(17)22/h4-9H,3,10-11H2,1-2H3,(H,23,26)(H,24,27)/p+1. The van der Waals surface area contributed by atoms with Crippen molar-refractivity contribution in [3.63, 3.8) is 0 Å². The fourth-order valence-electron chi connectivity index (χ4n) is 2.48. The average Bonchev–Trinajstić information content (AvgIpc) is 2.60. The van der Waals surface area contributed by atoms with Gasteiger partial charge in [0.2, 0.25) is 0 Å². The number of quaternary nitrogens is 1. The number of halogens is 3. The molecule has 0 radical (unpaired) electrons. The molecular weight excluding hydrogens is 376 g/mol. The fourth-order valence-corrected chi connectivity index (χ4v) is 2.65. The molecule has 8 heteroatoms. The molecule has 0 aliphatic rings. The van der Waals surface area contributed by atoms with Gasteiger partial charge in [-0.2, -0.15) is 0 Å². The number of carbonyl (C=O) groups is 2. The quantitative estimate of drug-likeness (QED) is 0.673. The van der Waals surface area contributed by atoms with Crippen molar-refractivity contribution < 1.29 is 23.3 Å². The number of hydrogen-bond acceptors (Lipinski definition) is 2. The Bertz CT molecular complexity index is 778. The molecule has 0 saturated heterocycles. The summed E-state index contributed by atoms with van der Waals surface area (Å²) < 4.78 is 26.8. The van der Waals surface area contributed by atoms with Crippen molar-refractivity contribution >= 4 is 34.8 Å². The molecule has 0 fully saturated rings. The van der Waals surface area contributed by atoms with E-state index >= 15 is 0 Å². The summed E-state index contributed by atoms with van der Waals surface area (Å²) in [5.74, 6) is -2.16. The predicted octanol–water partition coefficient (Wildman–Crippen LogP) is 2.41. The van der Waals surface area contributed by atoms with Crippen molar-refractivity contribution in [1.82, 2.24) is 0 Å². The molecule has 0 saturated carbocycles. The summed E-state index contributed by atoms with van der Waals surface area (Å²) in [4.78, 5) is 25.0. The molecule has 0 spiro atoms. The lowest BCUT2D eigenvalue weighted by molar-refractivity contribution is -0.881. The Balaban J connectivity index is 1.94. The molecule has 0 heterocycles. The summed E-state index contributed by atoms with van der Waals surface area (Å²) in [6.45, 7) is 4.15. The van der Waals surface area contributed by atoms with E-state index in [1.165, 1.54) is 0 Å². The first-order valence-electron chi connectivity index (χ1n) is 8.43. The van der Waals surface area contributed by atoms with Crippen LogP contribution in [0.25, 0.3) is 0 Å². The van der Waals surface area contributed by atoms with Gasteiger partial charge >= 0.3 is 0 Å². The van der Waals surface area contributed by atoms with Gasteiger partial charge < -0.3 is 15.5 Å². The van der Waals surface area contributed by atoms with Gasteiger partial charge in [-0.25, -0.2) is 8.78 Å². The van der Waals surface area contributed by atoms with Crippen LogP contribution in [-0.4, -0.2) is 31.4 Å². The van der Waals surface area contributed by atoms with E-state index < -0.39 is 17.5 Å². The summed E-state index contributed by atoms with van der Waals surface area (Å²) in [6.07, 6.45) is 0. The largest absolute Gasteiger partial charge is 0.321 e. The Labute approximate surface area is 161 Å². The van der Waals surface area contributed by atoms with Gasteiger partial charge in [0.1, 0.15) is 11.6 Å². The number of carbonyl (C=O) groups excluding carboxylic acids is 2. The minimum absolute atomic E-state index is 0.0432. The Morgan fingerprint density at radius 2 is 1.63 bits per heavy atom. The first kappa shape index (κ1) is 20.8. The number of nitrogens with one attached hydrogen (secondary N) is 3. The molecule has 0 aromatic heterocycles. The van der Waals surface area contributed by atoms with Gasteiger partial charge in [0.15, 0.2) is 13.1 Å². The van der Waals surface area contributed by atoms with Crippen LogP contribution in [0.4, 0.5) is 20.2 Å². The molecular formula is C19H21ClF2N3O2+. The van der Waals surface area contributed by atoms with Gasteiger partial charge in [0.05, 0.1) is 12.2 Å². The van der Waals surface area contributed by atoms with Crippen LogP contribution in [0.2, 0.25) is 5.02 Å². The number of rotatable bonds is 7. The van der Waals surface area contributed by atoms with E-state index in [2.05, 4.69) is 10.6 Å². The third-order valence-electron chi connectivity index (χ3n) is 4.00. The summed E-state index contributed by atoms with van der Waals surface area (Å²) in [6, 6.07) is 8.00. The lowest BCUT2D eigenvalue weighted by Gasteiger charge is -2.17. The number of amides is 2. The molecule has 2 rings (SSSR count). The molecule has 0 aliphatic carbocycles. The van der Waals surface area contributed by atoms with Gasteiger partial charge in [0.25, 0.3) is 11.8 Å². The highest BCUT2D eigenvalue weighted by molar-refractivity contribution is 6.31. The second-order valence-corrected chi connectivity index (χ2v) is 6.57. The van der Waals surface area contributed by atoms with Crippen LogP contribution in [0.15, 0.2) is 36.4 Å². The molecule has 2 amide bonds. The van der Waals surface area contributed by atoms with Crippen molar-refractivity contribution in [3.8, 4) is 0 Å². The number of anilines is 2. The molecule has 2 aromatic carbocycles. The Morgan fingerprint density at radius 3 is 2.26 bits per heavy atom. The van der Waals surface area contributed by atoms with Gasteiger partial charge in [0, 0.05) is 16.8 Å². The molecule has 2 aromatic rings. The minimum atomic E-state index is -0.725. The molecule has 0 bridgehead atoms. The summed E-state index contributed by atoms with van der Waals surface area (Å²) in [7, 11) is 0. The second kappa shape index (κ2) is 9.43. The zero-order valence-electron chi connectivity index (χ0n) is 15.0. The van der Waals surface area contributed by atoms with Crippen molar-refractivity contribution in [2.45, 2.75) is 13.8 Å². The fraction of sp³-hybridized carbons (Fsp3) is 0.263. The van der Waals surface area contributed by atoms with Crippen LogP contribution in [0.3, 0.4) is 0 Å². The maximum atomic E-state index is 13.6. The second-order valence-electron chi connectivity index (χ2n) is 6.14. The van der Waals surface area contributed by atoms with Crippen molar-refractivity contribution in [1.29, 1.82) is 0 Å². The lowest BCUT2D eigenvalue weighted by atomic mass is 10.2. The predicted molar refractivity (Wildman–Crippen MR) is 101 cm³/mol. The topological polar surface area (TPSA) is 62.6 Å². The average molecular weight is 397 g/mol. The molecule has 27 heavy (non-hydrogen) atoms. The maximum absolute atomic E-state index is 13.6. The normalized spacial score (nSPS) is 11.7. The summed E-state index contributed by atoms with van der Waals surface area (Å²) in [5, 5.41) is 5.61. The van der Waals surface area contributed by atoms with E-state index in [9.17, 15) is 18.4 Å². The third kappa shape index (κ3) is 6.30. The van der Waals surface area contributed by atoms with E-state index in [0.717, 1.165) is 23.8 Å². The summed E-state index contributed by atoms with van der Waals surface area (Å²) in [5.41, 5.74) is 1.24. The van der Waals surface area contributed by atoms with E-state index in [1.807, 2.05) is 13.8 Å². The molecule has 5 nitrogen and oxygen atoms in total. The van der Waals surface area contributed by atoms with Crippen LogP contribution in [0, 0.1) is 18.6 Å². The smallest absolute Gasteiger partial charge is 0.279 e. The van der Waals surface area contributed by atoms with E-state index in [1.54, 1.807) is 18.2 Å². The SMILES string of the molecule is CC[NH+](CC(=O)Nc1cc(Cl)ccc1C)CC(=O)Nc1cc(F)ccc1F. The first-order valence-corrected chi connectivity index (χ1v) is 8.80. The van der Waals surface area contributed by atoms with E-state index in [0.29, 0.717) is 22.2 Å². The van der Waals surface area contributed by atoms with E-state index in [-0.39, 0.29) is 24.7 Å². The third-order valence-corrected chi connectivity index (χ3v) is 4.23. The van der Waals surface area contributed by atoms with Gasteiger partial charge in [-0.05, 0) is 43.7 Å². The molecule has 3 N–H and O–H groups in total. The number of benzene rings is 2. The Kier molecular flexibility index (Phi) is 7.27. The Morgan fingerprint density at radius 1 is 1.00 bits per heavy atom.